The lowest BCUT2D eigenvalue weighted by atomic mass is 10.1. The zero-order valence-corrected chi connectivity index (χ0v) is 20.4. The number of halogens is 2. The van der Waals surface area contributed by atoms with Crippen molar-refractivity contribution in [2.24, 2.45) is 10.9 Å². The smallest absolute Gasteiger partial charge is 0.191 e. The van der Waals surface area contributed by atoms with Gasteiger partial charge in [-0.15, -0.1) is 24.0 Å². The lowest BCUT2D eigenvalue weighted by molar-refractivity contribution is 0.324. The summed E-state index contributed by atoms with van der Waals surface area (Å²) in [6.07, 6.45) is 3.69. The first-order chi connectivity index (χ1) is 12.7. The van der Waals surface area contributed by atoms with Gasteiger partial charge in [0.25, 0.3) is 0 Å². The lowest BCUT2D eigenvalue weighted by Crippen LogP contribution is -2.46. The van der Waals surface area contributed by atoms with Gasteiger partial charge in [-0.2, -0.15) is 0 Å². The summed E-state index contributed by atoms with van der Waals surface area (Å²) in [6.45, 7) is 9.09. The van der Waals surface area contributed by atoms with E-state index in [0.717, 1.165) is 42.4 Å². The Bertz CT molecular complexity index is 595. The van der Waals surface area contributed by atoms with Crippen molar-refractivity contribution < 1.29 is 0 Å². The van der Waals surface area contributed by atoms with Crippen LogP contribution in [0.25, 0.3) is 0 Å². The molecule has 0 spiro atoms. The van der Waals surface area contributed by atoms with Crippen molar-refractivity contribution in [2.75, 3.05) is 51.2 Å². The predicted molar refractivity (Wildman–Crippen MR) is 130 cm³/mol. The van der Waals surface area contributed by atoms with Crippen molar-refractivity contribution >= 4 is 51.6 Å². The van der Waals surface area contributed by atoms with Crippen LogP contribution in [-0.4, -0.2) is 63.2 Å². The van der Waals surface area contributed by atoms with E-state index in [9.17, 15) is 0 Å². The molecule has 1 aromatic rings. The van der Waals surface area contributed by atoms with Crippen LogP contribution in [0, 0.1) is 5.92 Å². The quantitative estimate of drug-likeness (QED) is 0.323. The van der Waals surface area contributed by atoms with Crippen molar-refractivity contribution in [3.05, 3.63) is 28.7 Å². The molecule has 0 saturated carbocycles. The van der Waals surface area contributed by atoms with Crippen molar-refractivity contribution in [1.29, 1.82) is 0 Å². The SMILES string of the molecule is CCCN1CCC(CNC(=NC)NC2CCN(c3ccc(Br)cc3)C2)C1.I. The molecule has 2 N–H and O–H groups in total. The zero-order valence-electron chi connectivity index (χ0n) is 16.5. The van der Waals surface area contributed by atoms with Gasteiger partial charge in [-0.1, -0.05) is 22.9 Å². The molecular weight excluding hydrogens is 517 g/mol. The Balaban J connectivity index is 0.00000261. The molecule has 2 saturated heterocycles. The Morgan fingerprint density at radius 2 is 1.96 bits per heavy atom. The third-order valence-electron chi connectivity index (χ3n) is 5.41. The van der Waals surface area contributed by atoms with Gasteiger partial charge in [-0.05, 0) is 62.5 Å². The summed E-state index contributed by atoms with van der Waals surface area (Å²) in [5, 5.41) is 7.16. The number of anilines is 1. The molecular formula is C20H33BrIN5. The summed E-state index contributed by atoms with van der Waals surface area (Å²) < 4.78 is 1.13. The van der Waals surface area contributed by atoms with Gasteiger partial charge < -0.3 is 20.4 Å². The molecule has 3 rings (SSSR count). The zero-order chi connectivity index (χ0) is 18.4. The molecule has 27 heavy (non-hydrogen) atoms. The van der Waals surface area contributed by atoms with Gasteiger partial charge in [-0.25, -0.2) is 0 Å². The second kappa shape index (κ2) is 11.5. The average molecular weight is 550 g/mol. The Kier molecular flexibility index (Phi) is 9.65. The highest BCUT2D eigenvalue weighted by atomic mass is 127. The maximum absolute atomic E-state index is 4.43. The second-order valence-electron chi connectivity index (χ2n) is 7.46. The molecule has 2 atom stereocenters. The van der Waals surface area contributed by atoms with E-state index in [1.54, 1.807) is 0 Å². The highest BCUT2D eigenvalue weighted by molar-refractivity contribution is 14.0. The largest absolute Gasteiger partial charge is 0.369 e. The number of likely N-dealkylation sites (tertiary alicyclic amines) is 1. The van der Waals surface area contributed by atoms with E-state index in [1.807, 2.05) is 7.05 Å². The molecule has 2 aliphatic rings. The Labute approximate surface area is 189 Å². The molecule has 7 heteroatoms. The molecule has 2 heterocycles. The third kappa shape index (κ3) is 6.78. The Hall–Kier alpha value is -0.540. The first-order valence-electron chi connectivity index (χ1n) is 9.88. The Morgan fingerprint density at radius 3 is 2.67 bits per heavy atom. The fourth-order valence-electron chi connectivity index (χ4n) is 3.99. The summed E-state index contributed by atoms with van der Waals surface area (Å²) in [5.41, 5.74) is 1.29. The fraction of sp³-hybridized carbons (Fsp3) is 0.650. The van der Waals surface area contributed by atoms with E-state index in [4.69, 9.17) is 0 Å². The summed E-state index contributed by atoms with van der Waals surface area (Å²) >= 11 is 3.51. The molecule has 0 aromatic heterocycles. The number of aliphatic imine (C=N–C) groups is 1. The van der Waals surface area contributed by atoms with E-state index in [2.05, 4.69) is 72.5 Å². The van der Waals surface area contributed by atoms with Gasteiger partial charge in [-0.3, -0.25) is 4.99 Å². The highest BCUT2D eigenvalue weighted by Crippen LogP contribution is 2.22. The van der Waals surface area contributed by atoms with Crippen LogP contribution in [0.4, 0.5) is 5.69 Å². The maximum atomic E-state index is 4.43. The number of hydrogen-bond acceptors (Lipinski definition) is 3. The van der Waals surface area contributed by atoms with Gasteiger partial charge in [0.15, 0.2) is 5.96 Å². The van der Waals surface area contributed by atoms with E-state index < -0.39 is 0 Å². The van der Waals surface area contributed by atoms with E-state index in [-0.39, 0.29) is 24.0 Å². The molecule has 0 bridgehead atoms. The van der Waals surface area contributed by atoms with Crippen molar-refractivity contribution in [3.63, 3.8) is 0 Å². The topological polar surface area (TPSA) is 42.9 Å². The van der Waals surface area contributed by atoms with Crippen LogP contribution >= 0.6 is 39.9 Å². The second-order valence-corrected chi connectivity index (χ2v) is 8.38. The van der Waals surface area contributed by atoms with E-state index in [1.165, 1.54) is 38.2 Å². The van der Waals surface area contributed by atoms with E-state index >= 15 is 0 Å². The monoisotopic (exact) mass is 549 g/mol. The summed E-state index contributed by atoms with van der Waals surface area (Å²) in [5.74, 6) is 1.68. The average Bonchev–Trinajstić information content (AvgIpc) is 3.29. The van der Waals surface area contributed by atoms with Gasteiger partial charge in [0.2, 0.25) is 0 Å². The molecule has 2 unspecified atom stereocenters. The number of hydrogen-bond donors (Lipinski definition) is 2. The highest BCUT2D eigenvalue weighted by Gasteiger charge is 2.25. The molecule has 2 aliphatic heterocycles. The van der Waals surface area contributed by atoms with Crippen molar-refractivity contribution in [3.8, 4) is 0 Å². The Morgan fingerprint density at radius 1 is 1.19 bits per heavy atom. The molecule has 0 aliphatic carbocycles. The van der Waals surface area contributed by atoms with Gasteiger partial charge in [0.05, 0.1) is 0 Å². The summed E-state index contributed by atoms with van der Waals surface area (Å²) in [6, 6.07) is 9.04. The van der Waals surface area contributed by atoms with Crippen molar-refractivity contribution in [1.82, 2.24) is 15.5 Å². The summed E-state index contributed by atoms with van der Waals surface area (Å²) in [4.78, 5) is 9.45. The minimum atomic E-state index is 0. The van der Waals surface area contributed by atoms with Crippen LogP contribution < -0.4 is 15.5 Å². The van der Waals surface area contributed by atoms with Gasteiger partial charge in [0, 0.05) is 49.4 Å². The minimum absolute atomic E-state index is 0. The molecule has 1 aromatic carbocycles. The number of benzene rings is 1. The standard InChI is InChI=1S/C20H32BrN5.HI/c1-3-10-25-11-8-16(14-25)13-23-20(22-2)24-18-9-12-26(15-18)19-6-4-17(21)5-7-19;/h4-7,16,18H,3,8-15H2,1-2H3,(H2,22,23,24);1H. The molecule has 152 valence electrons. The van der Waals surface area contributed by atoms with Gasteiger partial charge in [0.1, 0.15) is 0 Å². The van der Waals surface area contributed by atoms with Crippen LogP contribution in [0.2, 0.25) is 0 Å². The number of nitrogens with zero attached hydrogens (tertiary/aromatic N) is 3. The van der Waals surface area contributed by atoms with Crippen LogP contribution in [0.3, 0.4) is 0 Å². The van der Waals surface area contributed by atoms with Gasteiger partial charge >= 0.3 is 0 Å². The first-order valence-corrected chi connectivity index (χ1v) is 10.7. The van der Waals surface area contributed by atoms with Crippen LogP contribution in [0.15, 0.2) is 33.7 Å². The van der Waals surface area contributed by atoms with E-state index in [0.29, 0.717) is 6.04 Å². The number of guanidine groups is 1. The number of nitrogens with one attached hydrogen (secondary N) is 2. The predicted octanol–water partition coefficient (Wildman–Crippen LogP) is 3.54. The fourth-order valence-corrected chi connectivity index (χ4v) is 4.26. The third-order valence-corrected chi connectivity index (χ3v) is 5.94. The van der Waals surface area contributed by atoms with Crippen molar-refractivity contribution in [2.45, 2.75) is 32.2 Å². The lowest BCUT2D eigenvalue weighted by Gasteiger charge is -2.21. The maximum Gasteiger partial charge on any atom is 0.191 e. The molecule has 2 fully saturated rings. The summed E-state index contributed by atoms with van der Waals surface area (Å²) in [7, 11) is 1.87. The first kappa shape index (κ1) is 22.7. The van der Waals surface area contributed by atoms with Crippen LogP contribution in [-0.2, 0) is 0 Å². The molecule has 0 amide bonds. The number of rotatable bonds is 6. The molecule has 0 radical (unpaired) electrons. The normalized spacial score (nSPS) is 23.4. The van der Waals surface area contributed by atoms with Crippen LogP contribution in [0.5, 0.6) is 0 Å². The molecule has 5 nitrogen and oxygen atoms in total. The minimum Gasteiger partial charge on any atom is -0.369 e. The van der Waals surface area contributed by atoms with Crippen LogP contribution in [0.1, 0.15) is 26.2 Å².